The van der Waals surface area contributed by atoms with E-state index in [4.69, 9.17) is 33.2 Å². The van der Waals surface area contributed by atoms with Crippen LogP contribution >= 0.6 is 23.2 Å². The molecule has 0 spiro atoms. The smallest absolute Gasteiger partial charge is 0.226 e. The summed E-state index contributed by atoms with van der Waals surface area (Å²) in [4.78, 5) is 12.1. The summed E-state index contributed by atoms with van der Waals surface area (Å²) in [5, 5.41) is 10.6. The molecule has 130 valence electrons. The quantitative estimate of drug-likeness (QED) is 0.777. The highest BCUT2D eigenvalue weighted by atomic mass is 35.5. The van der Waals surface area contributed by atoms with Crippen molar-refractivity contribution in [3.63, 3.8) is 0 Å². The number of halogens is 2. The number of amides is 1. The summed E-state index contributed by atoms with van der Waals surface area (Å²) >= 11 is 11.8. The number of nitriles is 1. The third kappa shape index (κ3) is 3.83. The van der Waals surface area contributed by atoms with Crippen LogP contribution in [-0.4, -0.2) is 39.3 Å². The van der Waals surface area contributed by atoms with E-state index >= 15 is 0 Å². The third-order valence-corrected chi connectivity index (χ3v) is 6.97. The summed E-state index contributed by atoms with van der Waals surface area (Å²) < 4.78 is 31.0. The fourth-order valence-electron chi connectivity index (χ4n) is 2.89. The highest BCUT2D eigenvalue weighted by Crippen LogP contribution is 2.38. The van der Waals surface area contributed by atoms with E-state index in [1.807, 2.05) is 6.07 Å². The molecule has 1 amide bonds. The monoisotopic (exact) mass is 390 g/mol. The molecule has 6 nitrogen and oxygen atoms in total. The first kappa shape index (κ1) is 19.0. The lowest BCUT2D eigenvalue weighted by atomic mass is 10.1. The molecule has 0 bridgehead atoms. The Hall–Kier alpha value is -1.33. The first-order valence-corrected chi connectivity index (χ1v) is 9.48. The van der Waals surface area contributed by atoms with Crippen LogP contribution in [0.15, 0.2) is 23.1 Å². The van der Waals surface area contributed by atoms with E-state index in [0.29, 0.717) is 5.02 Å². The zero-order valence-electron chi connectivity index (χ0n) is 12.8. The molecule has 0 heterocycles. The number of carbonyl (C=O) groups excluding carboxylic acids is 1. The molecular weight excluding hydrogens is 375 g/mol. The predicted octanol–water partition coefficient (Wildman–Crippen LogP) is 2.20. The molecule has 1 aromatic carbocycles. The van der Waals surface area contributed by atoms with Crippen LogP contribution in [0.5, 0.6) is 0 Å². The number of sulfone groups is 1. The number of carbonyl (C=O) groups is 1. The van der Waals surface area contributed by atoms with Gasteiger partial charge in [0.25, 0.3) is 0 Å². The standard InChI is InChI=1S/C15H16Cl2N2O4S/c1-23-13-8-10(7-11(13)15(20)19-5-4-18)24(21,22)14-3-2-9(16)6-12(14)17/h2-3,6,10-11,13H,5,7-8H2,1H3,(H,19,20)/t10-,11-,13-/m1/s1. The maximum absolute atomic E-state index is 12.8. The molecular formula is C15H16Cl2N2O4S. The number of hydrogen-bond donors (Lipinski definition) is 1. The lowest BCUT2D eigenvalue weighted by molar-refractivity contribution is -0.128. The van der Waals surface area contributed by atoms with E-state index in [0.717, 1.165) is 0 Å². The second-order valence-electron chi connectivity index (χ2n) is 5.47. The fraction of sp³-hybridized carbons (Fsp3) is 0.467. The Bertz CT molecular complexity index is 776. The Balaban J connectivity index is 2.26. The molecule has 1 aromatic rings. The van der Waals surface area contributed by atoms with Gasteiger partial charge in [-0.2, -0.15) is 5.26 Å². The lowest BCUT2D eigenvalue weighted by Crippen LogP contribution is -2.35. The van der Waals surface area contributed by atoms with Crippen molar-refractivity contribution in [1.29, 1.82) is 5.26 Å². The number of ether oxygens (including phenoxy) is 1. The summed E-state index contributed by atoms with van der Waals surface area (Å²) in [7, 11) is -2.30. The van der Waals surface area contributed by atoms with Crippen LogP contribution in [0, 0.1) is 17.2 Å². The molecule has 1 fully saturated rings. The zero-order chi connectivity index (χ0) is 17.9. The molecule has 1 saturated carbocycles. The van der Waals surface area contributed by atoms with Crippen molar-refractivity contribution in [2.45, 2.75) is 29.1 Å². The van der Waals surface area contributed by atoms with E-state index in [1.54, 1.807) is 0 Å². The van der Waals surface area contributed by atoms with E-state index in [2.05, 4.69) is 5.32 Å². The minimum Gasteiger partial charge on any atom is -0.381 e. The normalized spacial score (nSPS) is 23.7. The van der Waals surface area contributed by atoms with Crippen LogP contribution in [0.1, 0.15) is 12.8 Å². The average Bonchev–Trinajstić information content (AvgIpc) is 2.97. The van der Waals surface area contributed by atoms with Gasteiger partial charge in [-0.05, 0) is 31.0 Å². The van der Waals surface area contributed by atoms with Crippen LogP contribution in [0.25, 0.3) is 0 Å². The molecule has 2 rings (SSSR count). The summed E-state index contributed by atoms with van der Waals surface area (Å²) in [5.74, 6) is -1.02. The van der Waals surface area contributed by atoms with Crippen molar-refractivity contribution in [2.75, 3.05) is 13.7 Å². The van der Waals surface area contributed by atoms with Crippen molar-refractivity contribution >= 4 is 38.9 Å². The maximum Gasteiger partial charge on any atom is 0.226 e. The zero-order valence-corrected chi connectivity index (χ0v) is 15.2. The van der Waals surface area contributed by atoms with Gasteiger partial charge in [-0.15, -0.1) is 0 Å². The first-order chi connectivity index (χ1) is 11.3. The van der Waals surface area contributed by atoms with Gasteiger partial charge < -0.3 is 10.1 Å². The molecule has 0 aliphatic heterocycles. The molecule has 24 heavy (non-hydrogen) atoms. The van der Waals surface area contributed by atoms with E-state index in [-0.39, 0.29) is 35.2 Å². The Morgan fingerprint density at radius 2 is 2.12 bits per heavy atom. The van der Waals surface area contributed by atoms with Crippen molar-refractivity contribution < 1.29 is 17.9 Å². The Morgan fingerprint density at radius 3 is 2.71 bits per heavy atom. The van der Waals surface area contributed by atoms with E-state index in [1.165, 1.54) is 25.3 Å². The van der Waals surface area contributed by atoms with Crippen LogP contribution in [0.2, 0.25) is 10.0 Å². The topological polar surface area (TPSA) is 96.3 Å². The van der Waals surface area contributed by atoms with Gasteiger partial charge in [0.15, 0.2) is 9.84 Å². The van der Waals surface area contributed by atoms with E-state index < -0.39 is 27.1 Å². The number of methoxy groups -OCH3 is 1. The third-order valence-electron chi connectivity index (χ3n) is 4.08. The number of hydrogen-bond acceptors (Lipinski definition) is 5. The SMILES string of the molecule is CO[C@@H]1C[C@H](S(=O)(=O)c2ccc(Cl)cc2Cl)C[C@H]1C(=O)NCC#N. The van der Waals surface area contributed by atoms with Crippen LogP contribution in [0.4, 0.5) is 0 Å². The second-order valence-corrected chi connectivity index (χ2v) is 8.51. The summed E-state index contributed by atoms with van der Waals surface area (Å²) in [6.45, 7) is -0.133. The van der Waals surface area contributed by atoms with Gasteiger partial charge in [-0.25, -0.2) is 8.42 Å². The van der Waals surface area contributed by atoms with Gasteiger partial charge in [-0.1, -0.05) is 23.2 Å². The molecule has 0 saturated heterocycles. The fourth-order valence-corrected chi connectivity index (χ4v) is 5.47. The number of nitrogens with one attached hydrogen (secondary N) is 1. The molecule has 0 unspecified atom stereocenters. The maximum atomic E-state index is 12.8. The Morgan fingerprint density at radius 1 is 1.42 bits per heavy atom. The highest BCUT2D eigenvalue weighted by Gasteiger charge is 2.45. The summed E-state index contributed by atoms with van der Waals surface area (Å²) in [6, 6.07) is 6.01. The van der Waals surface area contributed by atoms with Gasteiger partial charge in [0.05, 0.1) is 33.3 Å². The largest absolute Gasteiger partial charge is 0.381 e. The minimum atomic E-state index is -3.73. The van der Waals surface area contributed by atoms with Crippen molar-refractivity contribution in [3.05, 3.63) is 28.2 Å². The van der Waals surface area contributed by atoms with Crippen molar-refractivity contribution in [2.24, 2.45) is 5.92 Å². The second kappa shape index (κ2) is 7.70. The van der Waals surface area contributed by atoms with E-state index in [9.17, 15) is 13.2 Å². The Kier molecular flexibility index (Phi) is 6.10. The van der Waals surface area contributed by atoms with Gasteiger partial charge in [0.1, 0.15) is 6.54 Å². The minimum absolute atomic E-state index is 0.00787. The molecule has 3 atom stereocenters. The van der Waals surface area contributed by atoms with Crippen molar-refractivity contribution in [3.8, 4) is 6.07 Å². The first-order valence-electron chi connectivity index (χ1n) is 7.17. The molecule has 0 aromatic heterocycles. The van der Waals surface area contributed by atoms with Gasteiger partial charge in [-0.3, -0.25) is 4.79 Å². The van der Waals surface area contributed by atoms with Crippen LogP contribution in [0.3, 0.4) is 0 Å². The predicted molar refractivity (Wildman–Crippen MR) is 89.6 cm³/mol. The summed E-state index contributed by atoms with van der Waals surface area (Å²) in [5.41, 5.74) is 0. The molecule has 1 aliphatic carbocycles. The lowest BCUT2D eigenvalue weighted by Gasteiger charge is -2.16. The number of benzene rings is 1. The average molecular weight is 391 g/mol. The molecule has 1 N–H and O–H groups in total. The molecule has 0 radical (unpaired) electrons. The van der Waals surface area contributed by atoms with Crippen LogP contribution in [-0.2, 0) is 19.4 Å². The van der Waals surface area contributed by atoms with Gasteiger partial charge >= 0.3 is 0 Å². The van der Waals surface area contributed by atoms with Gasteiger partial charge in [0, 0.05) is 12.1 Å². The molecule has 1 aliphatic rings. The van der Waals surface area contributed by atoms with Crippen molar-refractivity contribution in [1.82, 2.24) is 5.32 Å². The Labute approximate surface area is 150 Å². The number of rotatable bonds is 5. The van der Waals surface area contributed by atoms with Gasteiger partial charge in [0.2, 0.25) is 5.91 Å². The number of nitrogens with zero attached hydrogens (tertiary/aromatic N) is 1. The van der Waals surface area contributed by atoms with Crippen LogP contribution < -0.4 is 5.32 Å². The highest BCUT2D eigenvalue weighted by molar-refractivity contribution is 7.92. The summed E-state index contributed by atoms with van der Waals surface area (Å²) in [6.07, 6.45) is -0.242. The molecule has 9 heteroatoms.